The summed E-state index contributed by atoms with van der Waals surface area (Å²) in [5.41, 5.74) is 0.677. The van der Waals surface area contributed by atoms with Crippen LogP contribution in [0.3, 0.4) is 0 Å². The van der Waals surface area contributed by atoms with E-state index in [0.29, 0.717) is 19.5 Å². The third-order valence-electron chi connectivity index (χ3n) is 4.26. The van der Waals surface area contributed by atoms with Crippen LogP contribution in [0.5, 0.6) is 0 Å². The van der Waals surface area contributed by atoms with Crippen LogP contribution in [0.15, 0.2) is 41.3 Å². The molecular formula is C16H16ClFN4O4S. The maximum Gasteiger partial charge on any atom is 0.272 e. The third-order valence-corrected chi connectivity index (χ3v) is 5.44. The Balaban J connectivity index is 1.79. The maximum atomic E-state index is 13.3. The monoisotopic (exact) mass is 414 g/mol. The third kappa shape index (κ3) is 4.46. The molecule has 2 aromatic rings. The fraction of sp³-hybridized carbons (Fsp3) is 0.250. The van der Waals surface area contributed by atoms with Crippen LogP contribution in [-0.2, 0) is 10.0 Å². The van der Waals surface area contributed by atoms with Crippen molar-refractivity contribution in [2.45, 2.75) is 17.4 Å². The van der Waals surface area contributed by atoms with Gasteiger partial charge in [-0.2, -0.15) is 0 Å². The molecule has 8 nitrogen and oxygen atoms in total. The van der Waals surface area contributed by atoms with Gasteiger partial charge in [0, 0.05) is 42.6 Å². The lowest BCUT2D eigenvalue weighted by Gasteiger charge is -2.20. The van der Waals surface area contributed by atoms with E-state index in [9.17, 15) is 22.9 Å². The standard InChI is InChI=1S/C16H16ClFN4O4S/c17-15-8-12(1-2-16(15)18)21-4-3-10(9-21)20-11-5-13(22(23)24)7-14(6-11)27(19,25)26/h1-2,5-8,10,20H,3-4,9H2,(H2,19,25,26). The van der Waals surface area contributed by atoms with Gasteiger partial charge in [0.25, 0.3) is 5.69 Å². The molecule has 1 fully saturated rings. The predicted molar refractivity (Wildman–Crippen MR) is 100 cm³/mol. The minimum atomic E-state index is -4.08. The van der Waals surface area contributed by atoms with Gasteiger partial charge >= 0.3 is 0 Å². The number of hydrogen-bond acceptors (Lipinski definition) is 6. The minimum absolute atomic E-state index is 0.0281. The lowest BCUT2D eigenvalue weighted by atomic mass is 10.2. The van der Waals surface area contributed by atoms with Crippen LogP contribution in [0.1, 0.15) is 6.42 Å². The van der Waals surface area contributed by atoms with Crippen molar-refractivity contribution in [3.63, 3.8) is 0 Å². The number of non-ortho nitro benzene ring substituents is 1. The first-order valence-electron chi connectivity index (χ1n) is 7.92. The SMILES string of the molecule is NS(=O)(=O)c1cc(NC2CCN(c3ccc(F)c(Cl)c3)C2)cc([N+](=O)[O-])c1. The molecule has 11 heteroatoms. The Kier molecular flexibility index (Phi) is 5.22. The van der Waals surface area contributed by atoms with Gasteiger partial charge in [-0.1, -0.05) is 11.6 Å². The van der Waals surface area contributed by atoms with Crippen molar-refractivity contribution in [1.82, 2.24) is 0 Å². The van der Waals surface area contributed by atoms with Crippen molar-refractivity contribution in [3.05, 3.63) is 57.4 Å². The summed E-state index contributed by atoms with van der Waals surface area (Å²) in [6.07, 6.45) is 0.697. The van der Waals surface area contributed by atoms with Crippen LogP contribution in [0, 0.1) is 15.9 Å². The summed E-state index contributed by atoms with van der Waals surface area (Å²) >= 11 is 5.82. The summed E-state index contributed by atoms with van der Waals surface area (Å²) in [7, 11) is -4.08. The number of halogens is 2. The molecule has 3 N–H and O–H groups in total. The number of hydrogen-bond donors (Lipinski definition) is 2. The first-order valence-corrected chi connectivity index (χ1v) is 9.85. The molecule has 1 saturated heterocycles. The number of benzene rings is 2. The van der Waals surface area contributed by atoms with Crippen LogP contribution >= 0.6 is 11.6 Å². The zero-order chi connectivity index (χ0) is 19.8. The van der Waals surface area contributed by atoms with E-state index in [0.717, 1.165) is 11.8 Å². The van der Waals surface area contributed by atoms with Gasteiger partial charge in [-0.3, -0.25) is 10.1 Å². The van der Waals surface area contributed by atoms with E-state index in [1.54, 1.807) is 6.07 Å². The van der Waals surface area contributed by atoms with E-state index >= 15 is 0 Å². The smallest absolute Gasteiger partial charge is 0.272 e. The number of nitro groups is 1. The maximum absolute atomic E-state index is 13.3. The van der Waals surface area contributed by atoms with Crippen LogP contribution < -0.4 is 15.4 Å². The molecule has 144 valence electrons. The van der Waals surface area contributed by atoms with E-state index in [1.807, 2.05) is 4.90 Å². The van der Waals surface area contributed by atoms with Crippen LogP contribution in [0.25, 0.3) is 0 Å². The number of primary sulfonamides is 1. The highest BCUT2D eigenvalue weighted by Crippen LogP contribution is 2.28. The molecule has 1 atom stereocenters. The van der Waals surface area contributed by atoms with Crippen molar-refractivity contribution >= 4 is 38.7 Å². The van der Waals surface area contributed by atoms with Crippen molar-refractivity contribution in [2.24, 2.45) is 5.14 Å². The number of rotatable bonds is 5. The number of nitrogens with one attached hydrogen (secondary N) is 1. The first-order chi connectivity index (χ1) is 12.6. The van der Waals surface area contributed by atoms with Crippen molar-refractivity contribution in [1.29, 1.82) is 0 Å². The van der Waals surface area contributed by atoms with Gasteiger partial charge in [0.05, 0.1) is 14.8 Å². The van der Waals surface area contributed by atoms with E-state index in [-0.39, 0.29) is 27.3 Å². The molecule has 1 aliphatic heterocycles. The first kappa shape index (κ1) is 19.3. The average molecular weight is 415 g/mol. The molecule has 1 aliphatic rings. The number of nitro benzene ring substituents is 1. The number of nitrogens with two attached hydrogens (primary N) is 1. The highest BCUT2D eigenvalue weighted by molar-refractivity contribution is 7.89. The Morgan fingerprint density at radius 2 is 2.04 bits per heavy atom. The van der Waals surface area contributed by atoms with Gasteiger partial charge in [-0.25, -0.2) is 17.9 Å². The van der Waals surface area contributed by atoms with Gasteiger partial charge in [0.2, 0.25) is 10.0 Å². The Labute approximate surface area is 159 Å². The lowest BCUT2D eigenvalue weighted by molar-refractivity contribution is -0.385. The van der Waals surface area contributed by atoms with Crippen LogP contribution in [0.4, 0.5) is 21.5 Å². The highest BCUT2D eigenvalue weighted by atomic mass is 35.5. The van der Waals surface area contributed by atoms with Gasteiger partial charge in [0.15, 0.2) is 0 Å². The quantitative estimate of drug-likeness (QED) is 0.573. The zero-order valence-corrected chi connectivity index (χ0v) is 15.5. The largest absolute Gasteiger partial charge is 0.380 e. The van der Waals surface area contributed by atoms with E-state index in [4.69, 9.17) is 16.7 Å². The molecule has 2 aromatic carbocycles. The molecule has 0 radical (unpaired) electrons. The molecule has 3 rings (SSSR count). The summed E-state index contributed by atoms with van der Waals surface area (Å²) < 4.78 is 36.4. The molecule has 0 aromatic heterocycles. The lowest BCUT2D eigenvalue weighted by Crippen LogP contribution is -2.26. The van der Waals surface area contributed by atoms with E-state index in [1.165, 1.54) is 24.3 Å². The molecule has 0 spiro atoms. The van der Waals surface area contributed by atoms with Crippen molar-refractivity contribution < 1.29 is 17.7 Å². The molecule has 1 heterocycles. The molecular weight excluding hydrogens is 399 g/mol. The van der Waals surface area contributed by atoms with E-state index in [2.05, 4.69) is 5.32 Å². The van der Waals surface area contributed by atoms with Crippen LogP contribution in [0.2, 0.25) is 5.02 Å². The van der Waals surface area contributed by atoms with Gasteiger partial charge in [0.1, 0.15) is 5.82 Å². The topological polar surface area (TPSA) is 119 Å². The van der Waals surface area contributed by atoms with Crippen molar-refractivity contribution in [2.75, 3.05) is 23.3 Å². The Bertz CT molecular complexity index is 1000. The number of nitrogens with zero attached hydrogens (tertiary/aromatic N) is 2. The summed E-state index contributed by atoms with van der Waals surface area (Å²) in [4.78, 5) is 12.0. The second-order valence-electron chi connectivity index (χ2n) is 6.19. The molecule has 0 amide bonds. The van der Waals surface area contributed by atoms with Crippen molar-refractivity contribution in [3.8, 4) is 0 Å². The summed E-state index contributed by atoms with van der Waals surface area (Å²) in [5, 5.41) is 19.3. The minimum Gasteiger partial charge on any atom is -0.380 e. The molecule has 0 aliphatic carbocycles. The fourth-order valence-electron chi connectivity index (χ4n) is 2.97. The summed E-state index contributed by atoms with van der Waals surface area (Å²) in [6, 6.07) is 7.79. The number of sulfonamides is 1. The van der Waals surface area contributed by atoms with Gasteiger partial charge in [-0.05, 0) is 30.7 Å². The second kappa shape index (κ2) is 7.29. The van der Waals surface area contributed by atoms with Gasteiger partial charge < -0.3 is 10.2 Å². The average Bonchev–Trinajstić information content (AvgIpc) is 3.04. The second-order valence-corrected chi connectivity index (χ2v) is 8.16. The van der Waals surface area contributed by atoms with Gasteiger partial charge in [-0.15, -0.1) is 0 Å². The molecule has 1 unspecified atom stereocenters. The molecule has 0 saturated carbocycles. The van der Waals surface area contributed by atoms with Crippen LogP contribution in [-0.4, -0.2) is 32.5 Å². The summed E-state index contributed by atoms with van der Waals surface area (Å²) in [5.74, 6) is -0.499. The summed E-state index contributed by atoms with van der Waals surface area (Å²) in [6.45, 7) is 1.20. The Morgan fingerprint density at radius 1 is 1.30 bits per heavy atom. The highest BCUT2D eigenvalue weighted by Gasteiger charge is 2.24. The molecule has 27 heavy (non-hydrogen) atoms. The molecule has 0 bridgehead atoms. The Morgan fingerprint density at radius 3 is 2.67 bits per heavy atom. The normalized spacial score (nSPS) is 17.1. The van der Waals surface area contributed by atoms with E-state index < -0.39 is 20.8 Å². The fourth-order valence-corrected chi connectivity index (χ4v) is 3.72. The zero-order valence-electron chi connectivity index (χ0n) is 13.9. The number of anilines is 2. The Hall–Kier alpha value is -2.43. The predicted octanol–water partition coefficient (Wildman–Crippen LogP) is 2.73.